The molecule has 0 heterocycles. The number of fused-ring (bicyclic) bond motifs is 2. The fourth-order valence-corrected chi connectivity index (χ4v) is 4.03. The van der Waals surface area contributed by atoms with E-state index in [0.717, 1.165) is 5.92 Å². The number of carbonyl (C=O) groups is 1. The van der Waals surface area contributed by atoms with Crippen molar-refractivity contribution in [1.29, 1.82) is 0 Å². The second-order valence-corrected chi connectivity index (χ2v) is 5.41. The van der Waals surface area contributed by atoms with Gasteiger partial charge < -0.3 is 0 Å². The van der Waals surface area contributed by atoms with Gasteiger partial charge in [0.25, 0.3) is 0 Å². The van der Waals surface area contributed by atoms with E-state index in [0.29, 0.717) is 23.5 Å². The summed E-state index contributed by atoms with van der Waals surface area (Å²) in [7, 11) is 0. The maximum absolute atomic E-state index is 11.8. The minimum absolute atomic E-state index is 0.307. The Labute approximate surface area is 96.9 Å². The highest BCUT2D eigenvalue weighted by molar-refractivity contribution is 5.80. The molecule has 3 rings (SSSR count). The lowest BCUT2D eigenvalue weighted by molar-refractivity contribution is -0.122. The molecule has 1 nitrogen and oxygen atoms in total. The molecule has 1 aromatic carbocycles. The van der Waals surface area contributed by atoms with Gasteiger partial charge in [-0.1, -0.05) is 30.3 Å². The van der Waals surface area contributed by atoms with E-state index in [-0.39, 0.29) is 0 Å². The van der Waals surface area contributed by atoms with Crippen LogP contribution in [0.4, 0.5) is 0 Å². The number of carbonyl (C=O) groups excluding carboxylic acids is 1. The highest BCUT2D eigenvalue weighted by atomic mass is 16.1. The van der Waals surface area contributed by atoms with Gasteiger partial charge in [-0.25, -0.2) is 0 Å². The molecule has 2 aliphatic rings. The smallest absolute Gasteiger partial charge is 0.133 e. The van der Waals surface area contributed by atoms with Crippen molar-refractivity contribution in [3.8, 4) is 0 Å². The molecule has 0 radical (unpaired) electrons. The standard InChI is InChI=1S/C15H18O/c1-10(16)14-12-7-8-13(9-12)15(14)11-5-3-2-4-6-11/h2-6,12-15H,7-9H2,1H3/t12-,13+,14-,15+/m0/s1. The van der Waals surface area contributed by atoms with Gasteiger partial charge in [-0.05, 0) is 49.5 Å². The van der Waals surface area contributed by atoms with Gasteiger partial charge in [0.05, 0.1) is 0 Å². The number of hydrogen-bond donors (Lipinski definition) is 0. The molecule has 2 bridgehead atoms. The molecule has 2 saturated carbocycles. The van der Waals surface area contributed by atoms with Gasteiger partial charge in [-0.3, -0.25) is 4.79 Å². The number of rotatable bonds is 2. The predicted molar refractivity (Wildman–Crippen MR) is 64.2 cm³/mol. The van der Waals surface area contributed by atoms with Crippen LogP contribution >= 0.6 is 0 Å². The van der Waals surface area contributed by atoms with Gasteiger partial charge in [0.2, 0.25) is 0 Å². The van der Waals surface area contributed by atoms with E-state index in [9.17, 15) is 4.79 Å². The summed E-state index contributed by atoms with van der Waals surface area (Å²) in [5, 5.41) is 0. The van der Waals surface area contributed by atoms with Gasteiger partial charge in [0.1, 0.15) is 5.78 Å². The van der Waals surface area contributed by atoms with Crippen LogP contribution in [0.25, 0.3) is 0 Å². The van der Waals surface area contributed by atoms with Crippen molar-refractivity contribution in [1.82, 2.24) is 0 Å². The first-order valence-corrected chi connectivity index (χ1v) is 6.33. The Bertz CT molecular complexity index is 395. The summed E-state index contributed by atoms with van der Waals surface area (Å²) in [6, 6.07) is 10.6. The normalized spacial score (nSPS) is 36.6. The van der Waals surface area contributed by atoms with Crippen LogP contribution in [-0.4, -0.2) is 5.78 Å². The second-order valence-electron chi connectivity index (χ2n) is 5.41. The van der Waals surface area contributed by atoms with E-state index in [1.165, 1.54) is 24.8 Å². The van der Waals surface area contributed by atoms with Crippen LogP contribution in [0.2, 0.25) is 0 Å². The molecule has 2 aliphatic carbocycles. The molecule has 0 unspecified atom stereocenters. The lowest BCUT2D eigenvalue weighted by Gasteiger charge is -2.29. The number of benzene rings is 1. The maximum Gasteiger partial charge on any atom is 0.133 e. The number of Topliss-reactive ketones (excluding diaryl/α,β-unsaturated/α-hetero) is 1. The van der Waals surface area contributed by atoms with Crippen LogP contribution in [0.3, 0.4) is 0 Å². The van der Waals surface area contributed by atoms with E-state index in [1.54, 1.807) is 6.92 Å². The number of ketones is 1. The minimum atomic E-state index is 0.307. The quantitative estimate of drug-likeness (QED) is 0.737. The van der Waals surface area contributed by atoms with Crippen molar-refractivity contribution >= 4 is 5.78 Å². The molecule has 4 atom stereocenters. The van der Waals surface area contributed by atoms with Crippen molar-refractivity contribution in [3.05, 3.63) is 35.9 Å². The highest BCUT2D eigenvalue weighted by Crippen LogP contribution is 2.56. The Morgan fingerprint density at radius 1 is 1.12 bits per heavy atom. The Hall–Kier alpha value is -1.11. The van der Waals surface area contributed by atoms with E-state index in [4.69, 9.17) is 0 Å². The average Bonchev–Trinajstić information content (AvgIpc) is 2.89. The zero-order valence-corrected chi connectivity index (χ0v) is 9.73. The molecule has 0 amide bonds. The summed E-state index contributed by atoms with van der Waals surface area (Å²) in [6.45, 7) is 1.78. The Morgan fingerprint density at radius 3 is 2.50 bits per heavy atom. The molecule has 84 valence electrons. The molecule has 0 N–H and O–H groups in total. The molecule has 0 aliphatic heterocycles. The maximum atomic E-state index is 11.8. The molecular weight excluding hydrogens is 196 g/mol. The zero-order valence-electron chi connectivity index (χ0n) is 9.73. The third kappa shape index (κ3) is 1.41. The van der Waals surface area contributed by atoms with Gasteiger partial charge in [-0.15, -0.1) is 0 Å². The molecule has 2 fully saturated rings. The Morgan fingerprint density at radius 2 is 1.81 bits per heavy atom. The summed E-state index contributed by atoms with van der Waals surface area (Å²) in [6.07, 6.45) is 3.88. The van der Waals surface area contributed by atoms with E-state index < -0.39 is 0 Å². The Balaban J connectivity index is 1.97. The fourth-order valence-electron chi connectivity index (χ4n) is 4.03. The van der Waals surface area contributed by atoms with E-state index >= 15 is 0 Å². The van der Waals surface area contributed by atoms with Crippen LogP contribution in [0.5, 0.6) is 0 Å². The molecule has 0 aromatic heterocycles. The van der Waals surface area contributed by atoms with Gasteiger partial charge in [0, 0.05) is 5.92 Å². The first-order chi connectivity index (χ1) is 7.77. The van der Waals surface area contributed by atoms with Crippen molar-refractivity contribution in [3.63, 3.8) is 0 Å². The SMILES string of the molecule is CC(=O)[C@H]1[C@H]2CC[C@H](C2)[C@H]1c1ccccc1. The summed E-state index contributed by atoms with van der Waals surface area (Å²) >= 11 is 0. The third-order valence-corrected chi connectivity index (χ3v) is 4.57. The minimum Gasteiger partial charge on any atom is -0.300 e. The summed E-state index contributed by atoms with van der Waals surface area (Å²) < 4.78 is 0. The van der Waals surface area contributed by atoms with Gasteiger partial charge in [0.15, 0.2) is 0 Å². The summed E-state index contributed by atoms with van der Waals surface area (Å²) in [5.74, 6) is 2.66. The van der Waals surface area contributed by atoms with Crippen molar-refractivity contribution in [2.24, 2.45) is 17.8 Å². The summed E-state index contributed by atoms with van der Waals surface area (Å²) in [5.41, 5.74) is 1.38. The lowest BCUT2D eigenvalue weighted by Crippen LogP contribution is -2.26. The molecule has 0 spiro atoms. The summed E-state index contributed by atoms with van der Waals surface area (Å²) in [4.78, 5) is 11.8. The monoisotopic (exact) mass is 214 g/mol. The molecule has 16 heavy (non-hydrogen) atoms. The lowest BCUT2D eigenvalue weighted by atomic mass is 9.74. The van der Waals surface area contributed by atoms with Crippen LogP contribution in [0.1, 0.15) is 37.7 Å². The van der Waals surface area contributed by atoms with Crippen LogP contribution < -0.4 is 0 Å². The van der Waals surface area contributed by atoms with Crippen molar-refractivity contribution in [2.75, 3.05) is 0 Å². The topological polar surface area (TPSA) is 17.1 Å². The largest absolute Gasteiger partial charge is 0.300 e. The van der Waals surface area contributed by atoms with Crippen LogP contribution in [0.15, 0.2) is 30.3 Å². The fraction of sp³-hybridized carbons (Fsp3) is 0.533. The first kappa shape index (κ1) is 10.1. The molecular formula is C15H18O. The molecule has 0 saturated heterocycles. The zero-order chi connectivity index (χ0) is 11.1. The van der Waals surface area contributed by atoms with Crippen molar-refractivity contribution in [2.45, 2.75) is 32.1 Å². The van der Waals surface area contributed by atoms with Crippen LogP contribution in [0, 0.1) is 17.8 Å². The second kappa shape index (κ2) is 3.73. The average molecular weight is 214 g/mol. The van der Waals surface area contributed by atoms with E-state index in [1.807, 2.05) is 0 Å². The van der Waals surface area contributed by atoms with Gasteiger partial charge >= 0.3 is 0 Å². The number of hydrogen-bond acceptors (Lipinski definition) is 1. The predicted octanol–water partition coefficient (Wildman–Crippen LogP) is 3.41. The van der Waals surface area contributed by atoms with Crippen molar-refractivity contribution < 1.29 is 4.79 Å². The van der Waals surface area contributed by atoms with E-state index in [2.05, 4.69) is 30.3 Å². The third-order valence-electron chi connectivity index (χ3n) is 4.57. The van der Waals surface area contributed by atoms with Crippen LogP contribution in [-0.2, 0) is 4.79 Å². The Kier molecular flexibility index (Phi) is 2.34. The first-order valence-electron chi connectivity index (χ1n) is 6.33. The molecule has 1 aromatic rings. The molecule has 1 heteroatoms. The highest BCUT2D eigenvalue weighted by Gasteiger charge is 2.49. The van der Waals surface area contributed by atoms with Gasteiger partial charge in [-0.2, -0.15) is 0 Å².